The smallest absolute Gasteiger partial charge is 0.227 e. The van der Waals surface area contributed by atoms with E-state index in [2.05, 4.69) is 17.2 Å². The van der Waals surface area contributed by atoms with Gasteiger partial charge in [0.15, 0.2) is 0 Å². The van der Waals surface area contributed by atoms with E-state index in [-0.39, 0.29) is 24.2 Å². The Labute approximate surface area is 125 Å². The molecule has 0 saturated heterocycles. The van der Waals surface area contributed by atoms with Crippen molar-refractivity contribution < 1.29 is 4.79 Å². The SMILES string of the molecule is CCC(CC)(CN)C(=O)NCC(C)c1nccs1.Cl. The van der Waals surface area contributed by atoms with Crippen LogP contribution in [-0.2, 0) is 4.79 Å². The van der Waals surface area contributed by atoms with Crippen LogP contribution in [0.5, 0.6) is 0 Å². The molecule has 0 spiro atoms. The minimum absolute atomic E-state index is 0. The molecule has 0 bridgehead atoms. The Hall–Kier alpha value is -0.650. The number of rotatable bonds is 7. The molecule has 0 aliphatic rings. The molecule has 1 atom stereocenters. The molecule has 0 fully saturated rings. The first kappa shape index (κ1) is 18.4. The average molecular weight is 306 g/mol. The first-order valence-electron chi connectivity index (χ1n) is 6.47. The lowest BCUT2D eigenvalue weighted by Gasteiger charge is -2.29. The fraction of sp³-hybridized carbons (Fsp3) is 0.692. The first-order chi connectivity index (χ1) is 8.59. The van der Waals surface area contributed by atoms with Gasteiger partial charge in [-0.2, -0.15) is 0 Å². The topological polar surface area (TPSA) is 68.0 Å². The van der Waals surface area contributed by atoms with Crippen molar-refractivity contribution in [2.75, 3.05) is 13.1 Å². The quantitative estimate of drug-likeness (QED) is 0.813. The number of amides is 1. The summed E-state index contributed by atoms with van der Waals surface area (Å²) in [5, 5.41) is 6.02. The molecule has 0 radical (unpaired) electrons. The maximum atomic E-state index is 12.2. The Bertz CT molecular complexity index is 358. The Morgan fingerprint density at radius 3 is 2.58 bits per heavy atom. The molecule has 1 rings (SSSR count). The molecule has 19 heavy (non-hydrogen) atoms. The van der Waals surface area contributed by atoms with Gasteiger partial charge in [0.2, 0.25) is 5.91 Å². The molecule has 1 aromatic heterocycles. The monoisotopic (exact) mass is 305 g/mol. The maximum absolute atomic E-state index is 12.2. The predicted molar refractivity (Wildman–Crippen MR) is 82.9 cm³/mol. The molecule has 6 heteroatoms. The third-order valence-corrected chi connectivity index (χ3v) is 4.67. The molecule has 1 aromatic rings. The van der Waals surface area contributed by atoms with Crippen LogP contribution in [0, 0.1) is 5.41 Å². The molecular weight excluding hydrogens is 282 g/mol. The number of hydrogen-bond acceptors (Lipinski definition) is 4. The normalized spacial score (nSPS) is 12.6. The summed E-state index contributed by atoms with van der Waals surface area (Å²) in [6.07, 6.45) is 3.34. The summed E-state index contributed by atoms with van der Waals surface area (Å²) in [5.74, 6) is 0.316. The lowest BCUT2D eigenvalue weighted by Crippen LogP contribution is -2.46. The van der Waals surface area contributed by atoms with Gasteiger partial charge in [0.05, 0.1) is 10.4 Å². The highest BCUT2D eigenvalue weighted by molar-refractivity contribution is 7.09. The molecule has 110 valence electrons. The van der Waals surface area contributed by atoms with Crippen molar-refractivity contribution in [3.63, 3.8) is 0 Å². The third kappa shape index (κ3) is 4.44. The largest absolute Gasteiger partial charge is 0.355 e. The Morgan fingerprint density at radius 2 is 2.16 bits per heavy atom. The lowest BCUT2D eigenvalue weighted by molar-refractivity contribution is -0.131. The summed E-state index contributed by atoms with van der Waals surface area (Å²) in [6, 6.07) is 0. The van der Waals surface area contributed by atoms with E-state index in [1.165, 1.54) is 0 Å². The van der Waals surface area contributed by atoms with Crippen LogP contribution in [0.1, 0.15) is 44.5 Å². The number of carbonyl (C=O) groups excluding carboxylic acids is 1. The van der Waals surface area contributed by atoms with E-state index in [9.17, 15) is 4.79 Å². The molecule has 0 aromatic carbocycles. The van der Waals surface area contributed by atoms with Gasteiger partial charge < -0.3 is 11.1 Å². The van der Waals surface area contributed by atoms with Crippen LogP contribution < -0.4 is 11.1 Å². The van der Waals surface area contributed by atoms with Crippen molar-refractivity contribution in [2.45, 2.75) is 39.5 Å². The second-order valence-electron chi connectivity index (χ2n) is 4.67. The van der Waals surface area contributed by atoms with Crippen molar-refractivity contribution in [1.29, 1.82) is 0 Å². The third-order valence-electron chi connectivity index (χ3n) is 3.67. The lowest BCUT2D eigenvalue weighted by atomic mass is 9.81. The zero-order valence-corrected chi connectivity index (χ0v) is 13.4. The van der Waals surface area contributed by atoms with Crippen LogP contribution in [-0.4, -0.2) is 24.0 Å². The van der Waals surface area contributed by atoms with Gasteiger partial charge in [-0.25, -0.2) is 4.98 Å². The zero-order valence-electron chi connectivity index (χ0n) is 11.8. The van der Waals surface area contributed by atoms with Crippen molar-refractivity contribution in [3.8, 4) is 0 Å². The van der Waals surface area contributed by atoms with Crippen LogP contribution in [0.15, 0.2) is 11.6 Å². The molecule has 1 unspecified atom stereocenters. The minimum Gasteiger partial charge on any atom is -0.355 e. The summed E-state index contributed by atoms with van der Waals surface area (Å²) in [4.78, 5) is 16.5. The van der Waals surface area contributed by atoms with Gasteiger partial charge in [-0.15, -0.1) is 23.7 Å². The van der Waals surface area contributed by atoms with Crippen molar-refractivity contribution in [3.05, 3.63) is 16.6 Å². The number of nitrogens with one attached hydrogen (secondary N) is 1. The summed E-state index contributed by atoms with van der Waals surface area (Å²) in [7, 11) is 0. The maximum Gasteiger partial charge on any atom is 0.227 e. The Morgan fingerprint density at radius 1 is 1.53 bits per heavy atom. The second kappa shape index (κ2) is 8.51. The number of thiazole rings is 1. The molecule has 3 N–H and O–H groups in total. The zero-order chi connectivity index (χ0) is 13.6. The molecule has 1 amide bonds. The number of hydrogen-bond donors (Lipinski definition) is 2. The van der Waals surface area contributed by atoms with E-state index in [0.717, 1.165) is 17.8 Å². The number of halogens is 1. The van der Waals surface area contributed by atoms with E-state index in [0.29, 0.717) is 13.1 Å². The standard InChI is InChI=1S/C13H23N3OS.ClH/c1-4-13(5-2,9-14)12(17)16-8-10(3)11-15-6-7-18-11;/h6-7,10H,4-5,8-9,14H2,1-3H3,(H,16,17);1H. The van der Waals surface area contributed by atoms with E-state index >= 15 is 0 Å². The number of aromatic nitrogens is 1. The van der Waals surface area contributed by atoms with Gasteiger partial charge in [0.25, 0.3) is 0 Å². The molecule has 0 aliphatic carbocycles. The molecule has 0 saturated carbocycles. The van der Waals surface area contributed by atoms with Gasteiger partial charge >= 0.3 is 0 Å². The number of nitrogens with zero attached hydrogens (tertiary/aromatic N) is 1. The van der Waals surface area contributed by atoms with Crippen LogP contribution in [0.25, 0.3) is 0 Å². The van der Waals surface area contributed by atoms with Gasteiger partial charge in [0, 0.05) is 30.6 Å². The average Bonchev–Trinajstić information content (AvgIpc) is 2.92. The van der Waals surface area contributed by atoms with Crippen molar-refractivity contribution >= 4 is 29.7 Å². The fourth-order valence-electron chi connectivity index (χ4n) is 1.95. The summed E-state index contributed by atoms with van der Waals surface area (Å²) < 4.78 is 0. The highest BCUT2D eigenvalue weighted by Gasteiger charge is 2.33. The molecule has 1 heterocycles. The highest BCUT2D eigenvalue weighted by Crippen LogP contribution is 2.25. The summed E-state index contributed by atoms with van der Waals surface area (Å²) in [5.41, 5.74) is 5.35. The van der Waals surface area contributed by atoms with Gasteiger partial charge in [-0.3, -0.25) is 4.79 Å². The van der Waals surface area contributed by atoms with E-state index in [1.807, 2.05) is 19.2 Å². The van der Waals surface area contributed by atoms with Gasteiger partial charge in [-0.1, -0.05) is 20.8 Å². The summed E-state index contributed by atoms with van der Waals surface area (Å²) in [6.45, 7) is 7.12. The number of nitrogens with two attached hydrogens (primary N) is 1. The van der Waals surface area contributed by atoms with E-state index < -0.39 is 5.41 Å². The first-order valence-corrected chi connectivity index (χ1v) is 7.35. The molecule has 0 aliphatic heterocycles. The highest BCUT2D eigenvalue weighted by atomic mass is 35.5. The van der Waals surface area contributed by atoms with Crippen LogP contribution in [0.2, 0.25) is 0 Å². The van der Waals surface area contributed by atoms with Crippen molar-refractivity contribution in [2.24, 2.45) is 11.1 Å². The minimum atomic E-state index is -0.414. The summed E-state index contributed by atoms with van der Waals surface area (Å²) >= 11 is 1.62. The van der Waals surface area contributed by atoms with Crippen molar-refractivity contribution in [1.82, 2.24) is 10.3 Å². The number of carbonyl (C=O) groups is 1. The Balaban J connectivity index is 0.00000324. The fourth-order valence-corrected chi connectivity index (χ4v) is 2.65. The van der Waals surface area contributed by atoms with Crippen LogP contribution in [0.4, 0.5) is 0 Å². The predicted octanol–water partition coefficient (Wildman–Crippen LogP) is 2.55. The van der Waals surface area contributed by atoms with E-state index in [4.69, 9.17) is 5.73 Å². The van der Waals surface area contributed by atoms with Crippen LogP contribution >= 0.6 is 23.7 Å². The van der Waals surface area contributed by atoms with Gasteiger partial charge in [0.1, 0.15) is 0 Å². The molecular formula is C13H24ClN3OS. The van der Waals surface area contributed by atoms with Crippen LogP contribution in [0.3, 0.4) is 0 Å². The van der Waals surface area contributed by atoms with E-state index in [1.54, 1.807) is 17.5 Å². The van der Waals surface area contributed by atoms with Gasteiger partial charge in [-0.05, 0) is 12.8 Å². The Kier molecular flexibility index (Phi) is 8.22. The molecule has 4 nitrogen and oxygen atoms in total. The second-order valence-corrected chi connectivity index (χ2v) is 5.60.